The molecule has 4 nitrogen and oxygen atoms in total. The van der Waals surface area contributed by atoms with Gasteiger partial charge in [-0.1, -0.05) is 35.3 Å². The Bertz CT molecular complexity index is 565. The van der Waals surface area contributed by atoms with E-state index in [0.717, 1.165) is 38.1 Å². The van der Waals surface area contributed by atoms with Crippen molar-refractivity contribution in [1.29, 1.82) is 0 Å². The summed E-state index contributed by atoms with van der Waals surface area (Å²) < 4.78 is 38.0. The molecule has 1 aliphatic rings. The Morgan fingerprint density at radius 3 is 2.60 bits per heavy atom. The van der Waals surface area contributed by atoms with Crippen LogP contribution in [0.3, 0.4) is 0 Å². The molecule has 1 heterocycles. The maximum absolute atomic E-state index is 12.7. The van der Waals surface area contributed by atoms with Gasteiger partial charge in [-0.2, -0.15) is 13.2 Å². The highest BCUT2D eigenvalue weighted by Crippen LogP contribution is 2.29. The summed E-state index contributed by atoms with van der Waals surface area (Å²) in [5.74, 6) is 0. The molecule has 1 atom stereocenters. The molecule has 25 heavy (non-hydrogen) atoms. The van der Waals surface area contributed by atoms with Gasteiger partial charge >= 0.3 is 6.18 Å². The molecule has 0 amide bonds. The van der Waals surface area contributed by atoms with Crippen molar-refractivity contribution < 1.29 is 23.1 Å². The molecule has 1 aromatic rings. The van der Waals surface area contributed by atoms with Crippen LogP contribution in [0, 0.1) is 0 Å². The SMILES string of the molecule is Cl.OC(CON=C(Cl)c1cccc(C(F)(F)F)c1)CN1CCCCC1. The summed E-state index contributed by atoms with van der Waals surface area (Å²) in [4.78, 5) is 7.13. The van der Waals surface area contributed by atoms with Crippen LogP contribution in [0.1, 0.15) is 30.4 Å². The van der Waals surface area contributed by atoms with Crippen molar-refractivity contribution in [2.45, 2.75) is 31.5 Å². The first-order valence-corrected chi connectivity index (χ1v) is 8.17. The van der Waals surface area contributed by atoms with E-state index in [1.165, 1.54) is 18.6 Å². The molecule has 9 heteroatoms. The van der Waals surface area contributed by atoms with Gasteiger partial charge < -0.3 is 14.8 Å². The topological polar surface area (TPSA) is 45.1 Å². The maximum atomic E-state index is 12.7. The van der Waals surface area contributed by atoms with E-state index in [1.807, 2.05) is 0 Å². The number of hydrogen-bond acceptors (Lipinski definition) is 4. The number of halogens is 5. The first-order chi connectivity index (χ1) is 11.4. The lowest BCUT2D eigenvalue weighted by Gasteiger charge is -2.27. The summed E-state index contributed by atoms with van der Waals surface area (Å²) >= 11 is 5.87. The lowest BCUT2D eigenvalue weighted by molar-refractivity contribution is -0.137. The summed E-state index contributed by atoms with van der Waals surface area (Å²) in [6, 6.07) is 4.52. The van der Waals surface area contributed by atoms with Crippen LogP contribution in [-0.4, -0.2) is 47.5 Å². The standard InChI is InChI=1S/C16H20ClF3N2O2.ClH/c17-15(12-5-4-6-13(9-12)16(18,19)20)21-24-11-14(23)10-22-7-2-1-3-8-22;/h4-6,9,14,23H,1-3,7-8,10-11H2;1H. The number of benzene rings is 1. The van der Waals surface area contributed by atoms with Crippen LogP contribution in [-0.2, 0) is 11.0 Å². The fourth-order valence-corrected chi connectivity index (χ4v) is 2.72. The van der Waals surface area contributed by atoms with Crippen LogP contribution in [0.4, 0.5) is 13.2 Å². The number of alkyl halides is 3. The van der Waals surface area contributed by atoms with Crippen molar-refractivity contribution >= 4 is 29.2 Å². The van der Waals surface area contributed by atoms with Crippen molar-refractivity contribution in [3.8, 4) is 0 Å². The predicted molar refractivity (Wildman–Crippen MR) is 93.3 cm³/mol. The molecule has 1 aromatic carbocycles. The van der Waals surface area contributed by atoms with Gasteiger partial charge in [0.2, 0.25) is 0 Å². The van der Waals surface area contributed by atoms with Crippen LogP contribution >= 0.6 is 24.0 Å². The molecule has 0 spiro atoms. The van der Waals surface area contributed by atoms with Crippen molar-refractivity contribution in [2.24, 2.45) is 5.16 Å². The molecule has 1 saturated heterocycles. The fourth-order valence-electron chi connectivity index (χ4n) is 2.55. The highest BCUT2D eigenvalue weighted by Gasteiger charge is 2.30. The fraction of sp³-hybridized carbons (Fsp3) is 0.562. The molecule has 1 N–H and O–H groups in total. The molecule has 0 aromatic heterocycles. The maximum Gasteiger partial charge on any atom is 0.416 e. The second-order valence-corrected chi connectivity index (χ2v) is 6.13. The minimum absolute atomic E-state index is 0. The van der Waals surface area contributed by atoms with Gasteiger partial charge in [-0.05, 0) is 38.1 Å². The Labute approximate surface area is 156 Å². The number of oxime groups is 1. The minimum Gasteiger partial charge on any atom is -0.392 e. The van der Waals surface area contributed by atoms with Gasteiger partial charge in [0, 0.05) is 12.1 Å². The van der Waals surface area contributed by atoms with Gasteiger partial charge in [-0.15, -0.1) is 12.4 Å². The van der Waals surface area contributed by atoms with Crippen LogP contribution in [0.2, 0.25) is 0 Å². The zero-order chi connectivity index (χ0) is 17.6. The number of piperidine rings is 1. The number of nitrogens with zero attached hydrogens (tertiary/aromatic N) is 2. The summed E-state index contributed by atoms with van der Waals surface area (Å²) in [6.45, 7) is 2.32. The number of β-amino-alcohol motifs (C(OH)–C–C–N with tert-alkyl or cyclic N) is 1. The van der Waals surface area contributed by atoms with Crippen LogP contribution < -0.4 is 0 Å². The Morgan fingerprint density at radius 1 is 1.28 bits per heavy atom. The van der Waals surface area contributed by atoms with Crippen LogP contribution in [0.25, 0.3) is 0 Å². The largest absolute Gasteiger partial charge is 0.416 e. The molecule has 142 valence electrons. The summed E-state index contributed by atoms with van der Waals surface area (Å²) in [6.07, 6.45) is -1.73. The van der Waals surface area contributed by atoms with Gasteiger partial charge in [0.1, 0.15) is 12.7 Å². The van der Waals surface area contributed by atoms with Gasteiger partial charge in [-0.3, -0.25) is 0 Å². The van der Waals surface area contributed by atoms with Gasteiger partial charge in [0.05, 0.1) is 5.56 Å². The molecular weight excluding hydrogens is 380 g/mol. The Balaban J connectivity index is 0.00000312. The van der Waals surface area contributed by atoms with E-state index >= 15 is 0 Å². The smallest absolute Gasteiger partial charge is 0.392 e. The first-order valence-electron chi connectivity index (χ1n) is 7.80. The highest BCUT2D eigenvalue weighted by molar-refractivity contribution is 6.69. The van der Waals surface area contributed by atoms with E-state index < -0.39 is 17.8 Å². The molecule has 0 saturated carbocycles. The number of aliphatic hydroxyl groups excluding tert-OH is 1. The van der Waals surface area contributed by atoms with Crippen molar-refractivity contribution in [3.05, 3.63) is 35.4 Å². The van der Waals surface area contributed by atoms with Crippen LogP contribution in [0.15, 0.2) is 29.4 Å². The van der Waals surface area contributed by atoms with E-state index in [0.29, 0.717) is 6.54 Å². The second-order valence-electron chi connectivity index (χ2n) is 5.77. The third-order valence-corrected chi connectivity index (χ3v) is 4.04. The zero-order valence-corrected chi connectivity index (χ0v) is 15.1. The Morgan fingerprint density at radius 2 is 1.96 bits per heavy atom. The molecule has 0 aliphatic carbocycles. The molecule has 2 rings (SSSR count). The molecular formula is C16H21Cl2F3N2O2. The van der Waals surface area contributed by atoms with Crippen molar-refractivity contribution in [3.63, 3.8) is 0 Å². The molecule has 1 aliphatic heterocycles. The van der Waals surface area contributed by atoms with E-state index in [-0.39, 0.29) is 29.7 Å². The van der Waals surface area contributed by atoms with Crippen LogP contribution in [0.5, 0.6) is 0 Å². The number of hydrogen-bond donors (Lipinski definition) is 1. The van der Waals surface area contributed by atoms with E-state index in [2.05, 4.69) is 10.1 Å². The number of likely N-dealkylation sites (tertiary alicyclic amines) is 1. The predicted octanol–water partition coefficient (Wildman–Crippen LogP) is 3.89. The summed E-state index contributed by atoms with van der Waals surface area (Å²) in [5.41, 5.74) is -0.699. The number of aliphatic hydroxyl groups is 1. The highest BCUT2D eigenvalue weighted by atomic mass is 35.5. The number of rotatable bonds is 6. The lowest BCUT2D eigenvalue weighted by Crippen LogP contribution is -2.38. The summed E-state index contributed by atoms with van der Waals surface area (Å²) in [5, 5.41) is 13.3. The minimum atomic E-state index is -4.45. The molecule has 1 unspecified atom stereocenters. The molecule has 1 fully saturated rings. The monoisotopic (exact) mass is 400 g/mol. The van der Waals surface area contributed by atoms with Crippen molar-refractivity contribution in [2.75, 3.05) is 26.2 Å². The van der Waals surface area contributed by atoms with E-state index in [1.54, 1.807) is 0 Å². The first kappa shape index (κ1) is 22.0. The lowest BCUT2D eigenvalue weighted by atomic mass is 10.1. The zero-order valence-electron chi connectivity index (χ0n) is 13.5. The molecule has 0 bridgehead atoms. The second kappa shape index (κ2) is 10.2. The van der Waals surface area contributed by atoms with Crippen molar-refractivity contribution in [1.82, 2.24) is 4.90 Å². The average Bonchev–Trinajstić information content (AvgIpc) is 2.55. The Hall–Kier alpha value is -1.02. The summed E-state index contributed by atoms with van der Waals surface area (Å²) in [7, 11) is 0. The normalized spacial score (nSPS) is 17.7. The van der Waals surface area contributed by atoms with E-state index in [9.17, 15) is 18.3 Å². The van der Waals surface area contributed by atoms with Gasteiger partial charge in [0.15, 0.2) is 5.17 Å². The molecule has 0 radical (unpaired) electrons. The van der Waals surface area contributed by atoms with E-state index in [4.69, 9.17) is 16.4 Å². The van der Waals surface area contributed by atoms with Gasteiger partial charge in [0.25, 0.3) is 0 Å². The third-order valence-electron chi connectivity index (χ3n) is 3.76. The van der Waals surface area contributed by atoms with Gasteiger partial charge in [-0.25, -0.2) is 0 Å². The Kier molecular flexibility index (Phi) is 8.99. The quantitative estimate of drug-likeness (QED) is 0.581. The third kappa shape index (κ3) is 7.40. The average molecular weight is 401 g/mol.